The third-order valence-electron chi connectivity index (χ3n) is 1.66. The van der Waals surface area contributed by atoms with Crippen LogP contribution < -0.4 is 4.90 Å². The standard InChI is InChI=1S/C9H11BrFN/c1-12(2)9-7(6-10)4-3-5-8(9)11/h3-5H,6H2,1-2H3. The van der Waals surface area contributed by atoms with Gasteiger partial charge in [-0.1, -0.05) is 28.1 Å². The molecule has 0 bridgehead atoms. The van der Waals surface area contributed by atoms with Gasteiger partial charge in [-0.25, -0.2) is 4.39 Å². The first-order chi connectivity index (χ1) is 5.66. The lowest BCUT2D eigenvalue weighted by molar-refractivity contribution is 0.625. The van der Waals surface area contributed by atoms with Gasteiger partial charge in [0.15, 0.2) is 0 Å². The maximum Gasteiger partial charge on any atom is 0.146 e. The molecule has 1 rings (SSSR count). The molecule has 0 heterocycles. The van der Waals surface area contributed by atoms with Crippen LogP contribution in [0.4, 0.5) is 10.1 Å². The largest absolute Gasteiger partial charge is 0.375 e. The van der Waals surface area contributed by atoms with Crippen molar-refractivity contribution in [3.05, 3.63) is 29.6 Å². The molecule has 0 saturated carbocycles. The fourth-order valence-corrected chi connectivity index (χ4v) is 1.62. The van der Waals surface area contributed by atoms with Crippen molar-refractivity contribution >= 4 is 21.6 Å². The summed E-state index contributed by atoms with van der Waals surface area (Å²) in [5.41, 5.74) is 1.63. The monoisotopic (exact) mass is 231 g/mol. The molecule has 12 heavy (non-hydrogen) atoms. The van der Waals surface area contributed by atoms with Gasteiger partial charge in [0.2, 0.25) is 0 Å². The number of benzene rings is 1. The predicted molar refractivity (Wildman–Crippen MR) is 53.4 cm³/mol. The van der Waals surface area contributed by atoms with Crippen molar-refractivity contribution in [2.45, 2.75) is 5.33 Å². The summed E-state index contributed by atoms with van der Waals surface area (Å²) in [6.07, 6.45) is 0. The van der Waals surface area contributed by atoms with Crippen molar-refractivity contribution in [1.82, 2.24) is 0 Å². The summed E-state index contributed by atoms with van der Waals surface area (Å²) >= 11 is 3.32. The number of para-hydroxylation sites is 1. The normalized spacial score (nSPS) is 10.0. The fourth-order valence-electron chi connectivity index (χ4n) is 1.17. The van der Waals surface area contributed by atoms with Crippen LogP contribution in [0.3, 0.4) is 0 Å². The van der Waals surface area contributed by atoms with E-state index in [9.17, 15) is 4.39 Å². The molecule has 0 spiro atoms. The predicted octanol–water partition coefficient (Wildman–Crippen LogP) is 2.79. The molecule has 0 unspecified atom stereocenters. The molecule has 0 saturated heterocycles. The van der Waals surface area contributed by atoms with Crippen LogP contribution >= 0.6 is 15.9 Å². The van der Waals surface area contributed by atoms with Crippen LogP contribution in [-0.2, 0) is 5.33 Å². The Hall–Kier alpha value is -0.570. The highest BCUT2D eigenvalue weighted by atomic mass is 79.9. The Morgan fingerprint density at radius 2 is 2.08 bits per heavy atom. The van der Waals surface area contributed by atoms with Gasteiger partial charge in [0, 0.05) is 19.4 Å². The number of anilines is 1. The van der Waals surface area contributed by atoms with Crippen LogP contribution in [0.2, 0.25) is 0 Å². The van der Waals surface area contributed by atoms with Crippen LogP contribution in [0.15, 0.2) is 18.2 Å². The lowest BCUT2D eigenvalue weighted by Crippen LogP contribution is -2.12. The highest BCUT2D eigenvalue weighted by molar-refractivity contribution is 9.08. The quantitative estimate of drug-likeness (QED) is 0.708. The molecule has 0 atom stereocenters. The highest BCUT2D eigenvalue weighted by Gasteiger charge is 2.08. The second-order valence-corrected chi connectivity index (χ2v) is 3.34. The first-order valence-corrected chi connectivity index (χ1v) is 4.79. The van der Waals surface area contributed by atoms with E-state index in [0.717, 1.165) is 5.56 Å². The van der Waals surface area contributed by atoms with Gasteiger partial charge in [-0.3, -0.25) is 0 Å². The lowest BCUT2D eigenvalue weighted by atomic mass is 10.2. The Balaban J connectivity index is 3.20. The maximum atomic E-state index is 13.2. The van der Waals surface area contributed by atoms with Crippen molar-refractivity contribution in [1.29, 1.82) is 0 Å². The van der Waals surface area contributed by atoms with E-state index in [4.69, 9.17) is 0 Å². The molecule has 0 aliphatic carbocycles. The van der Waals surface area contributed by atoms with Gasteiger partial charge in [0.1, 0.15) is 5.82 Å². The summed E-state index contributed by atoms with van der Waals surface area (Å²) in [6.45, 7) is 0. The van der Waals surface area contributed by atoms with Gasteiger partial charge in [-0.2, -0.15) is 0 Å². The Labute approximate surface area is 80.3 Å². The second kappa shape index (κ2) is 3.90. The van der Waals surface area contributed by atoms with Gasteiger partial charge in [0.05, 0.1) is 5.69 Å². The topological polar surface area (TPSA) is 3.24 Å². The van der Waals surface area contributed by atoms with Crippen LogP contribution in [0, 0.1) is 5.82 Å². The minimum Gasteiger partial charge on any atom is -0.375 e. The summed E-state index contributed by atoms with van der Waals surface area (Å²) in [6, 6.07) is 5.10. The van der Waals surface area contributed by atoms with Crippen LogP contribution in [0.5, 0.6) is 0 Å². The van der Waals surface area contributed by atoms with Crippen LogP contribution in [-0.4, -0.2) is 14.1 Å². The highest BCUT2D eigenvalue weighted by Crippen LogP contribution is 2.24. The Kier molecular flexibility index (Phi) is 3.09. The number of halogens is 2. The second-order valence-electron chi connectivity index (χ2n) is 2.78. The van der Waals surface area contributed by atoms with Crippen molar-refractivity contribution in [3.63, 3.8) is 0 Å². The van der Waals surface area contributed by atoms with Gasteiger partial charge >= 0.3 is 0 Å². The zero-order valence-electron chi connectivity index (χ0n) is 7.14. The van der Waals surface area contributed by atoms with E-state index >= 15 is 0 Å². The average Bonchev–Trinajstić information content (AvgIpc) is 2.03. The number of alkyl halides is 1. The van der Waals surface area contributed by atoms with Gasteiger partial charge in [-0.15, -0.1) is 0 Å². The summed E-state index contributed by atoms with van der Waals surface area (Å²) < 4.78 is 13.2. The molecule has 0 radical (unpaired) electrons. The molecule has 3 heteroatoms. The molecule has 1 nitrogen and oxygen atoms in total. The van der Waals surface area contributed by atoms with E-state index in [1.165, 1.54) is 6.07 Å². The smallest absolute Gasteiger partial charge is 0.146 e. The van der Waals surface area contributed by atoms with Crippen molar-refractivity contribution < 1.29 is 4.39 Å². The van der Waals surface area contributed by atoms with E-state index in [1.54, 1.807) is 11.0 Å². The summed E-state index contributed by atoms with van der Waals surface area (Å²) in [7, 11) is 3.68. The zero-order valence-corrected chi connectivity index (χ0v) is 8.73. The molecule has 0 aliphatic heterocycles. The molecule has 0 N–H and O–H groups in total. The molecule has 0 aromatic heterocycles. The number of nitrogens with zero attached hydrogens (tertiary/aromatic N) is 1. The minimum absolute atomic E-state index is 0.169. The Morgan fingerprint density at radius 1 is 1.42 bits per heavy atom. The molecule has 1 aromatic carbocycles. The average molecular weight is 232 g/mol. The Bertz CT molecular complexity index is 273. The van der Waals surface area contributed by atoms with Gasteiger partial charge < -0.3 is 4.90 Å². The molecule has 0 fully saturated rings. The zero-order chi connectivity index (χ0) is 9.14. The van der Waals surface area contributed by atoms with Gasteiger partial charge in [0.25, 0.3) is 0 Å². The van der Waals surface area contributed by atoms with E-state index in [1.807, 2.05) is 20.2 Å². The van der Waals surface area contributed by atoms with Crippen LogP contribution in [0.1, 0.15) is 5.56 Å². The van der Waals surface area contributed by atoms with Crippen molar-refractivity contribution in [2.24, 2.45) is 0 Å². The summed E-state index contributed by atoms with van der Waals surface area (Å²) in [4.78, 5) is 1.78. The van der Waals surface area contributed by atoms with E-state index < -0.39 is 0 Å². The maximum absolute atomic E-state index is 13.2. The fraction of sp³-hybridized carbons (Fsp3) is 0.333. The number of hydrogen-bond acceptors (Lipinski definition) is 1. The molecule has 1 aromatic rings. The number of rotatable bonds is 2. The van der Waals surface area contributed by atoms with Gasteiger partial charge in [-0.05, 0) is 11.6 Å². The first kappa shape index (κ1) is 9.52. The van der Waals surface area contributed by atoms with Crippen molar-refractivity contribution in [2.75, 3.05) is 19.0 Å². The van der Waals surface area contributed by atoms with E-state index in [0.29, 0.717) is 11.0 Å². The molecular weight excluding hydrogens is 221 g/mol. The lowest BCUT2D eigenvalue weighted by Gasteiger charge is -2.16. The SMILES string of the molecule is CN(C)c1c(F)cccc1CBr. The third kappa shape index (κ3) is 1.78. The van der Waals surface area contributed by atoms with Crippen LogP contribution in [0.25, 0.3) is 0 Å². The first-order valence-electron chi connectivity index (χ1n) is 3.67. The Morgan fingerprint density at radius 3 is 2.50 bits per heavy atom. The summed E-state index contributed by atoms with van der Waals surface area (Å²) in [5.74, 6) is -0.169. The molecule has 0 aliphatic rings. The van der Waals surface area contributed by atoms with E-state index in [2.05, 4.69) is 15.9 Å². The molecule has 0 amide bonds. The van der Waals surface area contributed by atoms with E-state index in [-0.39, 0.29) is 5.82 Å². The number of hydrogen-bond donors (Lipinski definition) is 0. The molecular formula is C9H11BrFN. The molecule has 66 valence electrons. The third-order valence-corrected chi connectivity index (χ3v) is 2.27. The van der Waals surface area contributed by atoms with Crippen molar-refractivity contribution in [3.8, 4) is 0 Å². The minimum atomic E-state index is -0.169. The summed E-state index contributed by atoms with van der Waals surface area (Å²) in [5, 5.41) is 0.679.